The van der Waals surface area contributed by atoms with Gasteiger partial charge in [0.1, 0.15) is 4.88 Å². The molecule has 0 aliphatic carbocycles. The maximum atomic E-state index is 12.0. The number of aliphatic hydroxyl groups is 1. The Hall–Kier alpha value is -0.520. The highest BCUT2D eigenvalue weighted by Crippen LogP contribution is 2.41. The first-order valence-corrected chi connectivity index (χ1v) is 7.45. The lowest BCUT2D eigenvalue weighted by Crippen LogP contribution is -2.24. The summed E-state index contributed by atoms with van der Waals surface area (Å²) in [6, 6.07) is 3.32. The van der Waals surface area contributed by atoms with Crippen LogP contribution in [0.25, 0.3) is 10.1 Å². The van der Waals surface area contributed by atoms with E-state index in [1.807, 2.05) is 0 Å². The summed E-state index contributed by atoms with van der Waals surface area (Å²) in [6.45, 7) is 0.427. The van der Waals surface area contributed by atoms with Crippen molar-refractivity contribution in [3.8, 4) is 0 Å². The summed E-state index contributed by atoms with van der Waals surface area (Å²) in [4.78, 5) is 12.4. The number of nitrogens with one attached hydrogen (secondary N) is 1. The maximum Gasteiger partial charge on any atom is 0.262 e. The standard InChI is InChI=1S/C12H10Cl3NO2S/c13-6-4-7(14)9-8(5-6)19-11(10(9)15)12(18)16-2-1-3-17/h4-5,17H,1-3H2,(H,16,18). The summed E-state index contributed by atoms with van der Waals surface area (Å²) in [5, 5.41) is 13.3. The summed E-state index contributed by atoms with van der Waals surface area (Å²) in [5.74, 6) is -0.271. The van der Waals surface area contributed by atoms with Gasteiger partial charge in [0.25, 0.3) is 5.91 Å². The van der Waals surface area contributed by atoms with E-state index in [4.69, 9.17) is 39.9 Å². The number of carbonyl (C=O) groups excluding carboxylic acids is 1. The van der Waals surface area contributed by atoms with Gasteiger partial charge in [0, 0.05) is 28.3 Å². The van der Waals surface area contributed by atoms with Crippen LogP contribution in [-0.4, -0.2) is 24.2 Å². The van der Waals surface area contributed by atoms with E-state index >= 15 is 0 Å². The molecule has 7 heteroatoms. The molecule has 2 rings (SSSR count). The Bertz CT molecular complexity index is 627. The van der Waals surface area contributed by atoms with Crippen molar-refractivity contribution in [1.29, 1.82) is 0 Å². The number of aliphatic hydroxyl groups excluding tert-OH is 1. The Kier molecular flexibility index (Phi) is 4.92. The number of benzene rings is 1. The zero-order valence-corrected chi connectivity index (χ0v) is 12.8. The van der Waals surface area contributed by atoms with Crippen LogP contribution in [0.4, 0.5) is 0 Å². The first-order chi connectivity index (χ1) is 9.04. The van der Waals surface area contributed by atoms with E-state index in [1.165, 1.54) is 11.3 Å². The molecule has 0 radical (unpaired) electrons. The Morgan fingerprint density at radius 1 is 1.32 bits per heavy atom. The monoisotopic (exact) mass is 337 g/mol. The Labute approximate surface area is 129 Å². The second kappa shape index (κ2) is 6.29. The van der Waals surface area contributed by atoms with E-state index in [1.54, 1.807) is 12.1 Å². The van der Waals surface area contributed by atoms with E-state index in [9.17, 15) is 4.79 Å². The minimum absolute atomic E-state index is 0.0296. The second-order valence-electron chi connectivity index (χ2n) is 3.84. The molecule has 0 bridgehead atoms. The topological polar surface area (TPSA) is 49.3 Å². The van der Waals surface area contributed by atoms with Gasteiger partial charge in [0.2, 0.25) is 0 Å². The molecule has 0 unspecified atom stereocenters. The predicted molar refractivity (Wildman–Crippen MR) is 80.9 cm³/mol. The predicted octanol–water partition coefficient (Wildman–Crippen LogP) is 3.97. The van der Waals surface area contributed by atoms with Crippen LogP contribution >= 0.6 is 46.1 Å². The van der Waals surface area contributed by atoms with Crippen molar-refractivity contribution in [2.24, 2.45) is 0 Å². The first kappa shape index (κ1) is 14.9. The van der Waals surface area contributed by atoms with Crippen molar-refractivity contribution in [1.82, 2.24) is 5.32 Å². The summed E-state index contributed by atoms with van der Waals surface area (Å²) < 4.78 is 0.773. The van der Waals surface area contributed by atoms with Gasteiger partial charge in [-0.25, -0.2) is 0 Å². The number of amides is 1. The molecule has 0 aliphatic rings. The van der Waals surface area contributed by atoms with Crippen molar-refractivity contribution < 1.29 is 9.90 Å². The molecule has 0 aliphatic heterocycles. The molecule has 102 valence electrons. The Morgan fingerprint density at radius 2 is 2.05 bits per heavy atom. The normalized spacial score (nSPS) is 10.9. The minimum Gasteiger partial charge on any atom is -0.396 e. The first-order valence-electron chi connectivity index (χ1n) is 5.50. The van der Waals surface area contributed by atoms with Gasteiger partial charge in [-0.15, -0.1) is 11.3 Å². The van der Waals surface area contributed by atoms with Crippen LogP contribution in [0.1, 0.15) is 16.1 Å². The molecule has 0 spiro atoms. The lowest BCUT2D eigenvalue weighted by molar-refractivity contribution is 0.0955. The van der Waals surface area contributed by atoms with E-state index in [0.717, 1.165) is 4.70 Å². The van der Waals surface area contributed by atoms with Gasteiger partial charge in [-0.05, 0) is 18.6 Å². The number of hydrogen-bond donors (Lipinski definition) is 2. The zero-order chi connectivity index (χ0) is 14.0. The molecule has 2 N–H and O–H groups in total. The molecular weight excluding hydrogens is 329 g/mol. The van der Waals surface area contributed by atoms with E-state index in [-0.39, 0.29) is 12.5 Å². The van der Waals surface area contributed by atoms with E-state index in [2.05, 4.69) is 5.32 Å². The Morgan fingerprint density at radius 3 is 2.74 bits per heavy atom. The molecule has 0 saturated heterocycles. The zero-order valence-electron chi connectivity index (χ0n) is 9.67. The molecule has 0 saturated carbocycles. The maximum absolute atomic E-state index is 12.0. The van der Waals surface area contributed by atoms with Crippen molar-refractivity contribution >= 4 is 62.1 Å². The number of thiophene rings is 1. The lowest BCUT2D eigenvalue weighted by atomic mass is 10.2. The average molecular weight is 339 g/mol. The molecule has 2 aromatic rings. The molecule has 1 aromatic carbocycles. The van der Waals surface area contributed by atoms with Crippen molar-refractivity contribution in [2.75, 3.05) is 13.2 Å². The lowest BCUT2D eigenvalue weighted by Gasteiger charge is -2.01. The summed E-state index contributed by atoms with van der Waals surface area (Å²) in [5.41, 5.74) is 0. The number of halogens is 3. The van der Waals surface area contributed by atoms with Crippen LogP contribution in [0.3, 0.4) is 0 Å². The number of hydrogen-bond acceptors (Lipinski definition) is 3. The highest BCUT2D eigenvalue weighted by atomic mass is 35.5. The molecule has 3 nitrogen and oxygen atoms in total. The third-order valence-electron chi connectivity index (χ3n) is 2.48. The quantitative estimate of drug-likeness (QED) is 0.829. The van der Waals surface area contributed by atoms with Crippen molar-refractivity contribution in [3.63, 3.8) is 0 Å². The highest BCUT2D eigenvalue weighted by Gasteiger charge is 2.19. The van der Waals surface area contributed by atoms with Crippen LogP contribution < -0.4 is 5.32 Å². The minimum atomic E-state index is -0.271. The van der Waals surface area contributed by atoms with Crippen LogP contribution in [0, 0.1) is 0 Å². The van der Waals surface area contributed by atoms with Crippen molar-refractivity contribution in [3.05, 3.63) is 32.1 Å². The summed E-state index contributed by atoms with van der Waals surface area (Å²) in [6.07, 6.45) is 0.501. The molecule has 1 heterocycles. The molecule has 0 atom stereocenters. The summed E-state index contributed by atoms with van der Waals surface area (Å²) in [7, 11) is 0. The molecular formula is C12H10Cl3NO2S. The van der Waals surface area contributed by atoms with Gasteiger partial charge in [-0.1, -0.05) is 34.8 Å². The SMILES string of the molecule is O=C(NCCCO)c1sc2cc(Cl)cc(Cl)c2c1Cl. The van der Waals surface area contributed by atoms with Gasteiger partial charge in [0.15, 0.2) is 0 Å². The summed E-state index contributed by atoms with van der Waals surface area (Å²) >= 11 is 19.4. The third-order valence-corrected chi connectivity index (χ3v) is 4.62. The largest absolute Gasteiger partial charge is 0.396 e. The number of fused-ring (bicyclic) bond motifs is 1. The highest BCUT2D eigenvalue weighted by molar-refractivity contribution is 7.21. The van der Waals surface area contributed by atoms with Gasteiger partial charge < -0.3 is 10.4 Å². The second-order valence-corrected chi connectivity index (χ2v) is 6.11. The smallest absolute Gasteiger partial charge is 0.262 e. The molecule has 0 fully saturated rings. The fraction of sp³-hybridized carbons (Fsp3) is 0.250. The van der Waals surface area contributed by atoms with Crippen LogP contribution in [0.15, 0.2) is 12.1 Å². The van der Waals surface area contributed by atoms with Gasteiger partial charge in [-0.3, -0.25) is 4.79 Å². The van der Waals surface area contributed by atoms with Gasteiger partial charge in [0.05, 0.1) is 10.0 Å². The fourth-order valence-corrected chi connectivity index (χ4v) is 3.91. The van der Waals surface area contributed by atoms with Crippen LogP contribution in [-0.2, 0) is 0 Å². The van der Waals surface area contributed by atoms with E-state index < -0.39 is 0 Å². The molecule has 19 heavy (non-hydrogen) atoms. The third kappa shape index (κ3) is 3.15. The van der Waals surface area contributed by atoms with E-state index in [0.29, 0.717) is 38.3 Å². The Balaban J connectivity index is 2.37. The van der Waals surface area contributed by atoms with Crippen molar-refractivity contribution in [2.45, 2.75) is 6.42 Å². The number of rotatable bonds is 4. The molecule has 1 amide bonds. The molecule has 1 aromatic heterocycles. The van der Waals surface area contributed by atoms with Gasteiger partial charge >= 0.3 is 0 Å². The van der Waals surface area contributed by atoms with Crippen LogP contribution in [0.5, 0.6) is 0 Å². The van der Waals surface area contributed by atoms with Crippen LogP contribution in [0.2, 0.25) is 15.1 Å². The fourth-order valence-electron chi connectivity index (χ4n) is 1.62. The number of carbonyl (C=O) groups is 1. The average Bonchev–Trinajstić information content (AvgIpc) is 2.66. The van der Waals surface area contributed by atoms with Gasteiger partial charge in [-0.2, -0.15) is 0 Å².